The van der Waals surface area contributed by atoms with Crippen molar-refractivity contribution in [2.45, 2.75) is 6.54 Å². The Morgan fingerprint density at radius 2 is 2.00 bits per heavy atom. The van der Waals surface area contributed by atoms with Gasteiger partial charge in [-0.15, -0.1) is 0 Å². The van der Waals surface area contributed by atoms with Crippen molar-refractivity contribution in [3.05, 3.63) is 59.8 Å². The molecule has 2 aromatic heterocycles. The van der Waals surface area contributed by atoms with Crippen LogP contribution in [0.5, 0.6) is 0 Å². The van der Waals surface area contributed by atoms with Gasteiger partial charge in [-0.05, 0) is 30.3 Å². The number of hydrogen-bond acceptors (Lipinski definition) is 4. The van der Waals surface area contributed by atoms with Crippen molar-refractivity contribution >= 4 is 28.2 Å². The smallest absolute Gasteiger partial charge is 0.115 e. The number of pyridine rings is 1. The molecule has 0 spiro atoms. The molecule has 3 aromatic rings. The number of rotatable bonds is 3. The first-order chi connectivity index (χ1) is 9.34. The van der Waals surface area contributed by atoms with Crippen molar-refractivity contribution in [2.24, 2.45) is 0 Å². The van der Waals surface area contributed by atoms with Crippen LogP contribution in [0, 0.1) is 0 Å². The summed E-state index contributed by atoms with van der Waals surface area (Å²) >= 11 is 6.14. The van der Waals surface area contributed by atoms with Crippen molar-refractivity contribution in [2.75, 3.05) is 5.32 Å². The summed E-state index contributed by atoms with van der Waals surface area (Å²) in [6.07, 6.45) is 5.01. The number of anilines is 1. The Balaban J connectivity index is 1.91. The van der Waals surface area contributed by atoms with Gasteiger partial charge in [0.15, 0.2) is 0 Å². The molecule has 1 N–H and O–H groups in total. The molecule has 0 saturated heterocycles. The highest BCUT2D eigenvalue weighted by atomic mass is 35.5. The van der Waals surface area contributed by atoms with Crippen LogP contribution in [0.4, 0.5) is 5.69 Å². The van der Waals surface area contributed by atoms with E-state index in [2.05, 4.69) is 20.3 Å². The van der Waals surface area contributed by atoms with E-state index in [4.69, 9.17) is 11.6 Å². The summed E-state index contributed by atoms with van der Waals surface area (Å²) in [4.78, 5) is 12.4. The van der Waals surface area contributed by atoms with E-state index in [1.807, 2.05) is 30.3 Å². The Hall–Kier alpha value is -2.20. The molecule has 0 saturated carbocycles. The monoisotopic (exact) mass is 270 g/mol. The second-order valence-corrected chi connectivity index (χ2v) is 4.46. The van der Waals surface area contributed by atoms with Crippen LogP contribution in [-0.2, 0) is 6.54 Å². The second kappa shape index (κ2) is 5.20. The molecule has 0 atom stereocenters. The van der Waals surface area contributed by atoms with E-state index in [1.165, 1.54) is 0 Å². The summed E-state index contributed by atoms with van der Waals surface area (Å²) in [5.74, 6) is 0. The Kier molecular flexibility index (Phi) is 3.25. The maximum atomic E-state index is 6.14. The lowest BCUT2D eigenvalue weighted by Gasteiger charge is -2.09. The molecule has 0 radical (unpaired) electrons. The topological polar surface area (TPSA) is 50.7 Å². The predicted octanol–water partition coefficient (Wildman–Crippen LogP) is 3.29. The van der Waals surface area contributed by atoms with E-state index in [9.17, 15) is 0 Å². The minimum Gasteiger partial charge on any atom is -0.379 e. The first-order valence-corrected chi connectivity index (χ1v) is 6.24. The fraction of sp³-hybridized carbons (Fsp3) is 0.0714. The molecule has 4 nitrogen and oxygen atoms in total. The summed E-state index contributed by atoms with van der Waals surface area (Å²) in [5.41, 5.74) is 2.73. The summed E-state index contributed by atoms with van der Waals surface area (Å²) in [5, 5.41) is 5.00. The highest BCUT2D eigenvalue weighted by Crippen LogP contribution is 2.28. The molecule has 0 aliphatic rings. The van der Waals surface area contributed by atoms with Crippen LogP contribution in [-0.4, -0.2) is 15.0 Å². The quantitative estimate of drug-likeness (QED) is 0.793. The second-order valence-electron chi connectivity index (χ2n) is 4.05. The number of halogens is 1. The van der Waals surface area contributed by atoms with Crippen molar-refractivity contribution < 1.29 is 0 Å². The molecular weight excluding hydrogens is 260 g/mol. The Morgan fingerprint density at radius 3 is 2.84 bits per heavy atom. The number of nitrogens with one attached hydrogen (secondary N) is 1. The Labute approximate surface area is 115 Å². The molecule has 0 aliphatic heterocycles. The van der Waals surface area contributed by atoms with Gasteiger partial charge in [0.2, 0.25) is 0 Å². The fourth-order valence-electron chi connectivity index (χ4n) is 1.90. The van der Waals surface area contributed by atoms with E-state index < -0.39 is 0 Å². The zero-order valence-corrected chi connectivity index (χ0v) is 10.8. The number of benzene rings is 1. The summed E-state index contributed by atoms with van der Waals surface area (Å²) < 4.78 is 0. The van der Waals surface area contributed by atoms with Gasteiger partial charge < -0.3 is 5.32 Å². The summed E-state index contributed by atoms with van der Waals surface area (Å²) in [7, 11) is 0. The number of fused-ring (bicyclic) bond motifs is 1. The first-order valence-electron chi connectivity index (χ1n) is 5.86. The van der Waals surface area contributed by atoms with E-state index in [1.54, 1.807) is 18.7 Å². The molecule has 3 rings (SSSR count). The van der Waals surface area contributed by atoms with Crippen LogP contribution in [0.1, 0.15) is 5.69 Å². The molecule has 1 aromatic carbocycles. The van der Waals surface area contributed by atoms with E-state index in [-0.39, 0.29) is 0 Å². The lowest BCUT2D eigenvalue weighted by molar-refractivity contribution is 1.01. The Bertz CT molecular complexity index is 700. The average molecular weight is 271 g/mol. The molecule has 94 valence electrons. The van der Waals surface area contributed by atoms with Gasteiger partial charge in [0.1, 0.15) is 6.33 Å². The third kappa shape index (κ3) is 2.48. The van der Waals surface area contributed by atoms with Gasteiger partial charge in [-0.2, -0.15) is 0 Å². The number of nitrogens with zero attached hydrogens (tertiary/aromatic N) is 3. The molecule has 0 aliphatic carbocycles. The lowest BCUT2D eigenvalue weighted by atomic mass is 10.2. The van der Waals surface area contributed by atoms with E-state index in [0.717, 1.165) is 22.3 Å². The van der Waals surface area contributed by atoms with Gasteiger partial charge in [-0.25, -0.2) is 9.97 Å². The van der Waals surface area contributed by atoms with Gasteiger partial charge in [0.05, 0.1) is 22.8 Å². The van der Waals surface area contributed by atoms with Gasteiger partial charge in [0, 0.05) is 23.5 Å². The summed E-state index contributed by atoms with van der Waals surface area (Å²) in [6.45, 7) is 0.633. The molecule has 0 bridgehead atoms. The third-order valence-electron chi connectivity index (χ3n) is 2.82. The Morgan fingerprint density at radius 1 is 1.05 bits per heavy atom. The van der Waals surface area contributed by atoms with Gasteiger partial charge >= 0.3 is 0 Å². The van der Waals surface area contributed by atoms with Crippen molar-refractivity contribution in [3.63, 3.8) is 0 Å². The highest BCUT2D eigenvalue weighted by Gasteiger charge is 2.05. The van der Waals surface area contributed by atoms with Crippen LogP contribution in [0.3, 0.4) is 0 Å². The minimum atomic E-state index is 0.633. The molecule has 19 heavy (non-hydrogen) atoms. The van der Waals surface area contributed by atoms with Gasteiger partial charge in [-0.3, -0.25) is 4.98 Å². The zero-order valence-electron chi connectivity index (χ0n) is 10.0. The van der Waals surface area contributed by atoms with Crippen LogP contribution in [0.25, 0.3) is 10.9 Å². The number of hydrogen-bond donors (Lipinski definition) is 1. The minimum absolute atomic E-state index is 0.633. The van der Waals surface area contributed by atoms with Crippen molar-refractivity contribution in [1.29, 1.82) is 0 Å². The van der Waals surface area contributed by atoms with E-state index >= 15 is 0 Å². The molecule has 0 amide bonds. The van der Waals surface area contributed by atoms with E-state index in [0.29, 0.717) is 11.6 Å². The molecular formula is C14H11ClN4. The molecule has 0 unspecified atom stereocenters. The lowest BCUT2D eigenvalue weighted by Crippen LogP contribution is -2.02. The van der Waals surface area contributed by atoms with Crippen molar-refractivity contribution in [3.8, 4) is 0 Å². The van der Waals surface area contributed by atoms with Crippen molar-refractivity contribution in [1.82, 2.24) is 15.0 Å². The normalized spacial score (nSPS) is 10.6. The van der Waals surface area contributed by atoms with Gasteiger partial charge in [0.25, 0.3) is 0 Å². The maximum absolute atomic E-state index is 6.14. The summed E-state index contributed by atoms with van der Waals surface area (Å²) in [6, 6.07) is 9.57. The van der Waals surface area contributed by atoms with Crippen LogP contribution in [0.2, 0.25) is 5.02 Å². The van der Waals surface area contributed by atoms with Gasteiger partial charge in [-0.1, -0.05) is 11.6 Å². The predicted molar refractivity (Wildman–Crippen MR) is 76.1 cm³/mol. The molecule has 5 heteroatoms. The standard InChI is InChI=1S/C14H11ClN4/c15-12-3-4-13(11-2-1-6-17-14(11)12)18-8-10-5-7-16-9-19-10/h1-7,9,18H,8H2. The maximum Gasteiger partial charge on any atom is 0.115 e. The number of aromatic nitrogens is 3. The van der Waals surface area contributed by atoms with Crippen LogP contribution in [0.15, 0.2) is 49.1 Å². The fourth-order valence-corrected chi connectivity index (χ4v) is 2.11. The van der Waals surface area contributed by atoms with Crippen LogP contribution < -0.4 is 5.32 Å². The SMILES string of the molecule is Clc1ccc(NCc2ccncn2)c2cccnc12. The molecule has 2 heterocycles. The third-order valence-corrected chi connectivity index (χ3v) is 3.13. The molecule has 0 fully saturated rings. The largest absolute Gasteiger partial charge is 0.379 e. The first kappa shape index (κ1) is 11.9. The zero-order chi connectivity index (χ0) is 13.1. The van der Waals surface area contributed by atoms with Crippen LogP contribution >= 0.6 is 11.6 Å². The average Bonchev–Trinajstić information content (AvgIpc) is 2.48. The highest BCUT2D eigenvalue weighted by molar-refractivity contribution is 6.35.